The molecule has 4 rings (SSSR count). The Bertz CT molecular complexity index is 952. The first-order valence-corrected chi connectivity index (χ1v) is 10.5. The summed E-state index contributed by atoms with van der Waals surface area (Å²) in [6.45, 7) is 2.20. The molecule has 2 aromatic rings. The monoisotopic (exact) mass is 429 g/mol. The van der Waals surface area contributed by atoms with E-state index in [1.165, 1.54) is 4.31 Å². The van der Waals surface area contributed by atoms with Crippen LogP contribution in [0, 0.1) is 17.6 Å². The summed E-state index contributed by atoms with van der Waals surface area (Å²) >= 11 is 0. The van der Waals surface area contributed by atoms with Gasteiger partial charge < -0.3 is 5.32 Å². The highest BCUT2D eigenvalue weighted by Crippen LogP contribution is 2.46. The van der Waals surface area contributed by atoms with Gasteiger partial charge in [-0.2, -0.15) is 8.42 Å². The number of hydrogen-bond donors (Lipinski definition) is 1. The van der Waals surface area contributed by atoms with Crippen LogP contribution < -0.4 is 13.9 Å². The lowest BCUT2D eigenvalue weighted by Gasteiger charge is -2.26. The fourth-order valence-electron chi connectivity index (χ4n) is 3.80. The molecular weight excluding hydrogens is 408 g/mol. The first-order chi connectivity index (χ1) is 13.0. The van der Waals surface area contributed by atoms with Gasteiger partial charge in [0, 0.05) is 12.6 Å². The maximum Gasteiger partial charge on any atom is 0.331 e. The Morgan fingerprint density at radius 1 is 1.00 bits per heavy atom. The van der Waals surface area contributed by atoms with Crippen LogP contribution in [0.1, 0.15) is 19.3 Å². The summed E-state index contributed by atoms with van der Waals surface area (Å²) in [7, 11) is -4.04. The van der Waals surface area contributed by atoms with Gasteiger partial charge in [0.25, 0.3) is 0 Å². The van der Waals surface area contributed by atoms with Crippen molar-refractivity contribution in [3.63, 3.8) is 0 Å². The van der Waals surface area contributed by atoms with Crippen LogP contribution in [-0.4, -0.2) is 28.1 Å². The molecule has 2 aromatic carbocycles. The number of nitrogens with zero attached hydrogens (tertiary/aromatic N) is 2. The number of piperidine rings is 1. The second-order valence-electron chi connectivity index (χ2n) is 6.91. The van der Waals surface area contributed by atoms with E-state index in [0.717, 1.165) is 54.9 Å². The first-order valence-electron chi connectivity index (χ1n) is 9.06. The highest BCUT2D eigenvalue weighted by molar-refractivity contribution is 7.95. The highest BCUT2D eigenvalue weighted by Gasteiger charge is 2.42. The maximum absolute atomic E-state index is 14.4. The van der Waals surface area contributed by atoms with Crippen LogP contribution in [0.25, 0.3) is 0 Å². The van der Waals surface area contributed by atoms with Crippen molar-refractivity contribution in [2.45, 2.75) is 19.3 Å². The average molecular weight is 430 g/mol. The van der Waals surface area contributed by atoms with Crippen LogP contribution >= 0.6 is 12.4 Å². The number of anilines is 3. The summed E-state index contributed by atoms with van der Waals surface area (Å²) in [4.78, 5) is 0. The predicted octanol–water partition coefficient (Wildman–Crippen LogP) is 3.98. The minimum atomic E-state index is -4.04. The van der Waals surface area contributed by atoms with E-state index in [2.05, 4.69) is 5.32 Å². The van der Waals surface area contributed by atoms with Crippen LogP contribution in [0.3, 0.4) is 0 Å². The minimum absolute atomic E-state index is 0. The maximum atomic E-state index is 14.4. The van der Waals surface area contributed by atoms with E-state index in [1.807, 2.05) is 0 Å². The summed E-state index contributed by atoms with van der Waals surface area (Å²) in [6, 6.07) is 9.59. The molecule has 1 N–H and O–H groups in total. The molecule has 2 aliphatic rings. The molecule has 1 fully saturated rings. The molecule has 152 valence electrons. The zero-order valence-electron chi connectivity index (χ0n) is 15.1. The number of hydrogen-bond acceptors (Lipinski definition) is 3. The molecule has 0 aromatic heterocycles. The van der Waals surface area contributed by atoms with E-state index in [1.54, 1.807) is 24.3 Å². The van der Waals surface area contributed by atoms with Crippen LogP contribution in [0.2, 0.25) is 0 Å². The molecule has 1 saturated heterocycles. The Kier molecular flexibility index (Phi) is 6.12. The smallest absolute Gasteiger partial charge is 0.317 e. The number of fused-ring (bicyclic) bond motifs is 1. The molecule has 2 heterocycles. The number of para-hydroxylation sites is 2. The molecule has 28 heavy (non-hydrogen) atoms. The van der Waals surface area contributed by atoms with Gasteiger partial charge in [0.1, 0.15) is 11.6 Å². The summed E-state index contributed by atoms with van der Waals surface area (Å²) in [5, 5.41) is 3.30. The second-order valence-corrected chi connectivity index (χ2v) is 8.61. The molecular formula is C19H22ClF2N3O2S. The van der Waals surface area contributed by atoms with E-state index in [9.17, 15) is 17.2 Å². The number of nitrogens with one attached hydrogen (secondary N) is 1. The molecule has 0 spiro atoms. The van der Waals surface area contributed by atoms with Crippen molar-refractivity contribution < 1.29 is 17.2 Å². The Morgan fingerprint density at radius 3 is 2.39 bits per heavy atom. The number of benzene rings is 2. The fourth-order valence-corrected chi connectivity index (χ4v) is 5.52. The highest BCUT2D eigenvalue weighted by atomic mass is 35.5. The van der Waals surface area contributed by atoms with Gasteiger partial charge in [0.05, 0.1) is 17.1 Å². The van der Waals surface area contributed by atoms with E-state index in [4.69, 9.17) is 0 Å². The Morgan fingerprint density at radius 2 is 1.68 bits per heavy atom. The van der Waals surface area contributed by atoms with E-state index >= 15 is 0 Å². The predicted molar refractivity (Wildman–Crippen MR) is 109 cm³/mol. The van der Waals surface area contributed by atoms with Gasteiger partial charge in [-0.15, -0.1) is 12.4 Å². The summed E-state index contributed by atoms with van der Waals surface area (Å²) in [6.07, 6.45) is 2.75. The van der Waals surface area contributed by atoms with Gasteiger partial charge in [0.2, 0.25) is 0 Å². The zero-order valence-corrected chi connectivity index (χ0v) is 16.8. The van der Waals surface area contributed by atoms with Crippen LogP contribution in [0.5, 0.6) is 0 Å². The van der Waals surface area contributed by atoms with E-state index in [0.29, 0.717) is 23.8 Å². The van der Waals surface area contributed by atoms with Crippen molar-refractivity contribution in [1.29, 1.82) is 0 Å². The van der Waals surface area contributed by atoms with Crippen molar-refractivity contribution in [2.75, 3.05) is 28.2 Å². The van der Waals surface area contributed by atoms with Gasteiger partial charge in [0.15, 0.2) is 0 Å². The first kappa shape index (κ1) is 20.8. The normalized spacial score (nSPS) is 18.6. The Balaban J connectivity index is 0.00000225. The van der Waals surface area contributed by atoms with Crippen LogP contribution in [-0.2, 0) is 10.2 Å². The molecule has 5 nitrogen and oxygen atoms in total. The molecule has 9 heteroatoms. The molecule has 0 atom stereocenters. The fraction of sp³-hybridized carbons (Fsp3) is 0.368. The number of rotatable bonds is 4. The second kappa shape index (κ2) is 8.23. The summed E-state index contributed by atoms with van der Waals surface area (Å²) in [5.41, 5.74) is 0.536. The molecule has 2 aliphatic heterocycles. The third kappa shape index (κ3) is 3.68. The third-order valence-electron chi connectivity index (χ3n) is 5.20. The lowest BCUT2D eigenvalue weighted by molar-refractivity contribution is 0.358. The lowest BCUT2D eigenvalue weighted by atomic mass is 9.95. The van der Waals surface area contributed by atoms with Gasteiger partial charge >= 0.3 is 10.2 Å². The molecule has 0 aliphatic carbocycles. The molecule has 0 bridgehead atoms. The van der Waals surface area contributed by atoms with Crippen molar-refractivity contribution in [2.24, 2.45) is 5.92 Å². The van der Waals surface area contributed by atoms with E-state index < -0.39 is 21.8 Å². The minimum Gasteiger partial charge on any atom is -0.317 e. The van der Waals surface area contributed by atoms with Crippen molar-refractivity contribution >= 4 is 39.7 Å². The van der Waals surface area contributed by atoms with Gasteiger partial charge in [-0.05, 0) is 62.5 Å². The van der Waals surface area contributed by atoms with Crippen LogP contribution in [0.15, 0.2) is 42.5 Å². The third-order valence-corrected chi connectivity index (χ3v) is 7.00. The Hall–Kier alpha value is -1.90. The molecule has 0 saturated carbocycles. The topological polar surface area (TPSA) is 52.7 Å². The largest absolute Gasteiger partial charge is 0.331 e. The SMILES string of the molecule is Cl.O=S1(=O)N(CCC2CCNCC2)c2ccccc2N1c1cc(F)ccc1F. The van der Waals surface area contributed by atoms with Crippen molar-refractivity contribution in [3.05, 3.63) is 54.1 Å². The van der Waals surface area contributed by atoms with Gasteiger partial charge in [-0.1, -0.05) is 12.1 Å². The van der Waals surface area contributed by atoms with Gasteiger partial charge in [-0.25, -0.2) is 13.1 Å². The molecule has 0 amide bonds. The Labute approximate surface area is 169 Å². The summed E-state index contributed by atoms with van der Waals surface area (Å²) < 4.78 is 56.8. The molecule has 0 radical (unpaired) electrons. The lowest BCUT2D eigenvalue weighted by Crippen LogP contribution is -2.38. The standard InChI is InChI=1S/C19H21F2N3O2S.ClH/c20-15-5-6-16(21)19(13-15)24-18-4-2-1-3-17(18)23(27(24,25)26)12-9-14-7-10-22-11-8-14;/h1-6,13-14,22H,7-12H2;1H. The quantitative estimate of drug-likeness (QED) is 0.799. The zero-order chi connectivity index (χ0) is 19.0. The van der Waals surface area contributed by atoms with Crippen molar-refractivity contribution in [1.82, 2.24) is 5.32 Å². The summed E-state index contributed by atoms with van der Waals surface area (Å²) in [5.74, 6) is -1.02. The van der Waals surface area contributed by atoms with E-state index in [-0.39, 0.29) is 18.1 Å². The van der Waals surface area contributed by atoms with Gasteiger partial charge in [-0.3, -0.25) is 4.31 Å². The van der Waals surface area contributed by atoms with Crippen molar-refractivity contribution in [3.8, 4) is 0 Å². The number of halogens is 3. The van der Waals surface area contributed by atoms with Crippen LogP contribution in [0.4, 0.5) is 25.8 Å². The molecule has 0 unspecified atom stereocenters. The average Bonchev–Trinajstić information content (AvgIpc) is 2.89.